The van der Waals surface area contributed by atoms with E-state index >= 15 is 0 Å². The quantitative estimate of drug-likeness (QED) is 0.516. The number of methoxy groups -OCH3 is 1. The van der Waals surface area contributed by atoms with Crippen LogP contribution in [0.25, 0.3) is 0 Å². The van der Waals surface area contributed by atoms with E-state index < -0.39 is 0 Å². The summed E-state index contributed by atoms with van der Waals surface area (Å²) in [6, 6.07) is 4.34. The molecule has 0 fully saturated rings. The number of nitrogens with zero attached hydrogens (tertiary/aromatic N) is 1. The monoisotopic (exact) mass is 277 g/mol. The summed E-state index contributed by atoms with van der Waals surface area (Å²) >= 11 is 0. The second-order valence-corrected chi connectivity index (χ2v) is 5.74. The minimum atomic E-state index is 0.606. The van der Waals surface area contributed by atoms with Gasteiger partial charge in [0.15, 0.2) is 0 Å². The van der Waals surface area contributed by atoms with Crippen LogP contribution in [-0.2, 0) is 0 Å². The molecular formula is C18H31NO. The number of unbranched alkanes of at least 4 members (excludes halogenated alkanes) is 4. The average molecular weight is 277 g/mol. The van der Waals surface area contributed by atoms with E-state index in [1.54, 1.807) is 7.11 Å². The fourth-order valence-corrected chi connectivity index (χ4v) is 2.74. The van der Waals surface area contributed by atoms with Crippen LogP contribution in [-0.4, -0.2) is 12.1 Å². The number of pyridine rings is 1. The van der Waals surface area contributed by atoms with Gasteiger partial charge in [-0.1, -0.05) is 58.4 Å². The largest absolute Gasteiger partial charge is 0.481 e. The standard InChI is InChI=1S/C18H31NO/c1-5-7-9-10-12-16(11-8-6-2)17-14-13-15(3)19-18(17)20-4/h13-14,16H,5-12H2,1-4H3. The summed E-state index contributed by atoms with van der Waals surface area (Å²) in [5.74, 6) is 1.44. The highest BCUT2D eigenvalue weighted by molar-refractivity contribution is 5.31. The molecule has 0 amide bonds. The lowest BCUT2D eigenvalue weighted by atomic mass is 9.89. The normalized spacial score (nSPS) is 12.4. The molecule has 0 aliphatic carbocycles. The van der Waals surface area contributed by atoms with Crippen molar-refractivity contribution in [1.82, 2.24) is 4.98 Å². The van der Waals surface area contributed by atoms with Crippen molar-refractivity contribution < 1.29 is 4.74 Å². The Morgan fingerprint density at radius 1 is 1.00 bits per heavy atom. The first-order chi connectivity index (χ1) is 9.72. The molecule has 2 heteroatoms. The topological polar surface area (TPSA) is 22.1 Å². The minimum absolute atomic E-state index is 0.606. The molecule has 1 aromatic rings. The highest BCUT2D eigenvalue weighted by Gasteiger charge is 2.16. The molecule has 0 radical (unpaired) electrons. The van der Waals surface area contributed by atoms with Crippen LogP contribution >= 0.6 is 0 Å². The van der Waals surface area contributed by atoms with Crippen molar-refractivity contribution in [3.63, 3.8) is 0 Å². The van der Waals surface area contributed by atoms with Crippen LogP contribution in [0.2, 0.25) is 0 Å². The van der Waals surface area contributed by atoms with Gasteiger partial charge in [0.1, 0.15) is 0 Å². The Morgan fingerprint density at radius 2 is 1.70 bits per heavy atom. The van der Waals surface area contributed by atoms with Crippen LogP contribution in [0, 0.1) is 6.92 Å². The minimum Gasteiger partial charge on any atom is -0.481 e. The first-order valence-electron chi connectivity index (χ1n) is 8.24. The molecule has 1 unspecified atom stereocenters. The second kappa shape index (κ2) is 9.79. The Kier molecular flexibility index (Phi) is 8.32. The Balaban J connectivity index is 2.75. The summed E-state index contributed by atoms with van der Waals surface area (Å²) in [5, 5.41) is 0. The maximum absolute atomic E-state index is 5.50. The maximum Gasteiger partial charge on any atom is 0.216 e. The number of aryl methyl sites for hydroxylation is 1. The predicted molar refractivity (Wildman–Crippen MR) is 86.6 cm³/mol. The van der Waals surface area contributed by atoms with Gasteiger partial charge in [-0.3, -0.25) is 0 Å². The smallest absolute Gasteiger partial charge is 0.216 e. The number of aromatic nitrogens is 1. The van der Waals surface area contributed by atoms with E-state index in [4.69, 9.17) is 4.74 Å². The Hall–Kier alpha value is -1.05. The van der Waals surface area contributed by atoms with E-state index in [-0.39, 0.29) is 0 Å². The number of hydrogen-bond donors (Lipinski definition) is 0. The van der Waals surface area contributed by atoms with Crippen molar-refractivity contribution in [2.45, 2.75) is 78.1 Å². The van der Waals surface area contributed by atoms with Gasteiger partial charge in [-0.2, -0.15) is 0 Å². The van der Waals surface area contributed by atoms with E-state index in [0.717, 1.165) is 11.6 Å². The zero-order valence-corrected chi connectivity index (χ0v) is 13.7. The van der Waals surface area contributed by atoms with Crippen LogP contribution in [0.5, 0.6) is 5.88 Å². The molecule has 0 aliphatic heterocycles. The fourth-order valence-electron chi connectivity index (χ4n) is 2.74. The van der Waals surface area contributed by atoms with Crippen molar-refractivity contribution in [3.8, 4) is 5.88 Å². The fraction of sp³-hybridized carbons (Fsp3) is 0.722. The van der Waals surface area contributed by atoms with Crippen molar-refractivity contribution in [2.24, 2.45) is 0 Å². The van der Waals surface area contributed by atoms with E-state index in [2.05, 4.69) is 31.0 Å². The van der Waals surface area contributed by atoms with Crippen molar-refractivity contribution in [3.05, 3.63) is 23.4 Å². The summed E-state index contributed by atoms with van der Waals surface area (Å²) < 4.78 is 5.50. The Labute approximate surface area is 125 Å². The van der Waals surface area contributed by atoms with E-state index in [0.29, 0.717) is 5.92 Å². The van der Waals surface area contributed by atoms with Crippen LogP contribution in [0.4, 0.5) is 0 Å². The highest BCUT2D eigenvalue weighted by atomic mass is 16.5. The molecule has 0 aliphatic rings. The second-order valence-electron chi connectivity index (χ2n) is 5.74. The van der Waals surface area contributed by atoms with Crippen LogP contribution in [0.15, 0.2) is 12.1 Å². The van der Waals surface area contributed by atoms with E-state index in [1.165, 1.54) is 56.9 Å². The molecule has 0 N–H and O–H groups in total. The molecule has 0 spiro atoms. The third kappa shape index (κ3) is 5.52. The van der Waals surface area contributed by atoms with Gasteiger partial charge in [0.25, 0.3) is 0 Å². The van der Waals surface area contributed by atoms with Crippen molar-refractivity contribution in [2.75, 3.05) is 7.11 Å². The number of hydrogen-bond acceptors (Lipinski definition) is 2. The van der Waals surface area contributed by atoms with Gasteiger partial charge in [0.05, 0.1) is 7.11 Å². The maximum atomic E-state index is 5.50. The molecule has 0 aromatic carbocycles. The van der Waals surface area contributed by atoms with Gasteiger partial charge in [0, 0.05) is 11.3 Å². The Morgan fingerprint density at radius 3 is 2.35 bits per heavy atom. The molecule has 0 saturated heterocycles. The molecule has 2 nitrogen and oxygen atoms in total. The number of rotatable bonds is 10. The lowest BCUT2D eigenvalue weighted by Gasteiger charge is -2.19. The summed E-state index contributed by atoms with van der Waals surface area (Å²) in [7, 11) is 1.74. The molecular weight excluding hydrogens is 246 g/mol. The van der Waals surface area contributed by atoms with Gasteiger partial charge in [0.2, 0.25) is 5.88 Å². The molecule has 20 heavy (non-hydrogen) atoms. The lowest BCUT2D eigenvalue weighted by Crippen LogP contribution is -2.04. The first-order valence-corrected chi connectivity index (χ1v) is 8.24. The molecule has 0 saturated carbocycles. The highest BCUT2D eigenvalue weighted by Crippen LogP contribution is 2.33. The lowest BCUT2D eigenvalue weighted by molar-refractivity contribution is 0.381. The van der Waals surface area contributed by atoms with Crippen molar-refractivity contribution >= 4 is 0 Å². The van der Waals surface area contributed by atoms with Gasteiger partial charge in [-0.25, -0.2) is 4.98 Å². The predicted octanol–water partition coefficient (Wildman–Crippen LogP) is 5.64. The first kappa shape index (κ1) is 17.0. The van der Waals surface area contributed by atoms with Crippen LogP contribution in [0.3, 0.4) is 0 Å². The SMILES string of the molecule is CCCCCCC(CCCC)c1ccc(C)nc1OC. The molecule has 1 heterocycles. The number of ether oxygens (including phenoxy) is 1. The van der Waals surface area contributed by atoms with Gasteiger partial charge < -0.3 is 4.74 Å². The van der Waals surface area contributed by atoms with E-state index in [1.807, 2.05) is 6.92 Å². The molecule has 1 aromatic heterocycles. The van der Waals surface area contributed by atoms with E-state index in [9.17, 15) is 0 Å². The van der Waals surface area contributed by atoms with Crippen molar-refractivity contribution in [1.29, 1.82) is 0 Å². The molecule has 1 rings (SSSR count). The summed E-state index contributed by atoms with van der Waals surface area (Å²) in [6.07, 6.45) is 10.4. The Bertz CT molecular complexity index is 376. The van der Waals surface area contributed by atoms with Crippen LogP contribution in [0.1, 0.15) is 82.4 Å². The third-order valence-electron chi connectivity index (χ3n) is 3.97. The zero-order chi connectivity index (χ0) is 14.8. The molecule has 1 atom stereocenters. The van der Waals surface area contributed by atoms with Crippen LogP contribution < -0.4 is 4.74 Å². The van der Waals surface area contributed by atoms with Gasteiger partial charge in [-0.15, -0.1) is 0 Å². The third-order valence-corrected chi connectivity index (χ3v) is 3.97. The summed E-state index contributed by atoms with van der Waals surface area (Å²) in [6.45, 7) is 6.55. The van der Waals surface area contributed by atoms with Gasteiger partial charge in [-0.05, 0) is 31.7 Å². The molecule has 0 bridgehead atoms. The molecule has 114 valence electrons. The average Bonchev–Trinajstić information content (AvgIpc) is 2.47. The summed E-state index contributed by atoms with van der Waals surface area (Å²) in [5.41, 5.74) is 2.34. The van der Waals surface area contributed by atoms with Gasteiger partial charge >= 0.3 is 0 Å². The summed E-state index contributed by atoms with van der Waals surface area (Å²) in [4.78, 5) is 4.54. The zero-order valence-electron chi connectivity index (χ0n) is 13.7.